The van der Waals surface area contributed by atoms with Gasteiger partial charge in [0.15, 0.2) is 12.4 Å². The number of carbonyl (C=O) groups is 2. The molecule has 0 aromatic heterocycles. The van der Waals surface area contributed by atoms with Gasteiger partial charge < -0.3 is 39.4 Å². The predicted octanol–water partition coefficient (Wildman–Crippen LogP) is 1.59. The van der Waals surface area contributed by atoms with Gasteiger partial charge in [0, 0.05) is 12.8 Å². The van der Waals surface area contributed by atoms with Gasteiger partial charge in [-0.05, 0) is 12.8 Å². The zero-order valence-electron chi connectivity index (χ0n) is 20.6. The van der Waals surface area contributed by atoms with E-state index < -0.39 is 55.4 Å². The minimum atomic E-state index is -1.58. The van der Waals surface area contributed by atoms with Crippen LogP contribution in [0.4, 0.5) is 0 Å². The Morgan fingerprint density at radius 1 is 0.794 bits per heavy atom. The number of ether oxygens (including phenoxy) is 4. The van der Waals surface area contributed by atoms with Crippen molar-refractivity contribution >= 4 is 11.9 Å². The van der Waals surface area contributed by atoms with E-state index in [0.717, 1.165) is 38.5 Å². The van der Waals surface area contributed by atoms with E-state index in [1.807, 2.05) is 6.92 Å². The van der Waals surface area contributed by atoms with E-state index in [-0.39, 0.29) is 26.1 Å². The molecule has 1 aliphatic heterocycles. The van der Waals surface area contributed by atoms with Gasteiger partial charge in [-0.2, -0.15) is 0 Å². The molecule has 1 heterocycles. The summed E-state index contributed by atoms with van der Waals surface area (Å²) in [5.74, 6) is -0.849. The summed E-state index contributed by atoms with van der Waals surface area (Å²) < 4.78 is 21.5. The highest BCUT2D eigenvalue weighted by atomic mass is 16.7. The van der Waals surface area contributed by atoms with Crippen molar-refractivity contribution in [3.63, 3.8) is 0 Å². The smallest absolute Gasteiger partial charge is 0.306 e. The van der Waals surface area contributed by atoms with Crippen LogP contribution in [0, 0.1) is 0 Å². The van der Waals surface area contributed by atoms with Crippen LogP contribution in [0.15, 0.2) is 0 Å². The van der Waals surface area contributed by atoms with Crippen molar-refractivity contribution in [3.8, 4) is 0 Å². The number of rotatable bonds is 18. The van der Waals surface area contributed by atoms with E-state index in [1.54, 1.807) is 0 Å². The Hall–Kier alpha value is -1.30. The van der Waals surface area contributed by atoms with Crippen molar-refractivity contribution in [1.82, 2.24) is 0 Å². The molecule has 0 aliphatic carbocycles. The van der Waals surface area contributed by atoms with Gasteiger partial charge in [0.05, 0.1) is 13.2 Å². The molecule has 0 saturated carbocycles. The summed E-state index contributed by atoms with van der Waals surface area (Å²) in [6.07, 6.45) is 1.13. The van der Waals surface area contributed by atoms with E-state index >= 15 is 0 Å². The van der Waals surface area contributed by atoms with Crippen molar-refractivity contribution < 1.29 is 49.0 Å². The molecule has 0 unspecified atom stereocenters. The molecule has 1 aliphatic rings. The van der Waals surface area contributed by atoms with Gasteiger partial charge >= 0.3 is 11.9 Å². The summed E-state index contributed by atoms with van der Waals surface area (Å²) in [6, 6.07) is 0. The third-order valence-corrected chi connectivity index (χ3v) is 5.74. The zero-order chi connectivity index (χ0) is 25.3. The molecule has 0 radical (unpaired) electrons. The molecule has 0 amide bonds. The molecule has 1 fully saturated rings. The molecule has 6 atom stereocenters. The second kappa shape index (κ2) is 18.0. The zero-order valence-corrected chi connectivity index (χ0v) is 20.6. The van der Waals surface area contributed by atoms with Crippen molar-refractivity contribution in [2.75, 3.05) is 19.8 Å². The second-order valence-electron chi connectivity index (χ2n) is 8.80. The number of hydrogen-bond acceptors (Lipinski definition) is 10. The fourth-order valence-corrected chi connectivity index (χ4v) is 3.60. The minimum Gasteiger partial charge on any atom is -0.462 e. The molecule has 0 aromatic carbocycles. The summed E-state index contributed by atoms with van der Waals surface area (Å²) >= 11 is 0. The molecular weight excluding hydrogens is 448 g/mol. The summed E-state index contributed by atoms with van der Waals surface area (Å²) in [6.45, 7) is 3.09. The van der Waals surface area contributed by atoms with Crippen LogP contribution >= 0.6 is 0 Å². The third kappa shape index (κ3) is 11.9. The molecule has 34 heavy (non-hydrogen) atoms. The minimum absolute atomic E-state index is 0.218. The third-order valence-electron chi connectivity index (χ3n) is 5.74. The lowest BCUT2D eigenvalue weighted by Gasteiger charge is -2.39. The average molecular weight is 493 g/mol. The largest absolute Gasteiger partial charge is 0.462 e. The Kier molecular flexibility index (Phi) is 16.3. The van der Waals surface area contributed by atoms with Crippen molar-refractivity contribution in [2.24, 2.45) is 0 Å². The monoisotopic (exact) mass is 492 g/mol. The Balaban J connectivity index is 2.58. The van der Waals surface area contributed by atoms with Crippen LogP contribution in [0.3, 0.4) is 0 Å². The lowest BCUT2D eigenvalue weighted by atomic mass is 9.99. The SMILES string of the molecule is CCCCCCCCC(=O)O[C@H](COC(=O)CCCCC)CO[C@@H]1O[C@H](CO)[C@H](O)[C@H](O)[C@H]1O. The Labute approximate surface area is 202 Å². The first-order valence-corrected chi connectivity index (χ1v) is 12.6. The van der Waals surface area contributed by atoms with Crippen LogP contribution in [-0.2, 0) is 28.5 Å². The Bertz CT molecular complexity index is 556. The Morgan fingerprint density at radius 3 is 2.06 bits per heavy atom. The second-order valence-corrected chi connectivity index (χ2v) is 8.80. The quantitative estimate of drug-likeness (QED) is 0.164. The van der Waals surface area contributed by atoms with Gasteiger partial charge in [0.2, 0.25) is 0 Å². The molecule has 10 nitrogen and oxygen atoms in total. The number of carbonyl (C=O) groups excluding carboxylic acids is 2. The molecule has 4 N–H and O–H groups in total. The van der Waals surface area contributed by atoms with Crippen LogP contribution in [0.1, 0.15) is 84.5 Å². The fourth-order valence-electron chi connectivity index (χ4n) is 3.60. The number of aliphatic hydroxyl groups excluding tert-OH is 4. The molecule has 0 spiro atoms. The number of unbranched alkanes of at least 4 members (excludes halogenated alkanes) is 7. The molecule has 10 heteroatoms. The van der Waals surface area contributed by atoms with Crippen LogP contribution < -0.4 is 0 Å². The molecule has 0 aromatic rings. The van der Waals surface area contributed by atoms with Crippen LogP contribution in [-0.4, -0.2) is 89.0 Å². The normalized spacial score (nSPS) is 25.6. The maximum absolute atomic E-state index is 12.3. The topological polar surface area (TPSA) is 152 Å². The fraction of sp³-hybridized carbons (Fsp3) is 0.917. The summed E-state index contributed by atoms with van der Waals surface area (Å²) in [5, 5.41) is 39.2. The van der Waals surface area contributed by atoms with E-state index in [4.69, 9.17) is 18.9 Å². The van der Waals surface area contributed by atoms with Gasteiger partial charge in [-0.15, -0.1) is 0 Å². The molecule has 1 saturated heterocycles. The Morgan fingerprint density at radius 2 is 1.38 bits per heavy atom. The highest BCUT2D eigenvalue weighted by Gasteiger charge is 2.44. The average Bonchev–Trinajstić information content (AvgIpc) is 2.82. The van der Waals surface area contributed by atoms with E-state index in [9.17, 15) is 30.0 Å². The van der Waals surface area contributed by atoms with Crippen LogP contribution in [0.25, 0.3) is 0 Å². The first-order chi connectivity index (χ1) is 16.3. The first-order valence-electron chi connectivity index (χ1n) is 12.6. The standard InChI is InChI=1S/C24H44O10/c1-3-5-7-8-9-11-13-20(27)33-17(15-31-19(26)12-10-6-4-2)16-32-24-23(30)22(29)21(28)18(14-25)34-24/h17-18,21-25,28-30H,3-16H2,1-2H3/t17-,18-,21+,22+,23-,24-/m1/s1. The maximum Gasteiger partial charge on any atom is 0.306 e. The highest BCUT2D eigenvalue weighted by Crippen LogP contribution is 2.22. The van der Waals surface area contributed by atoms with Crippen molar-refractivity contribution in [2.45, 2.75) is 121 Å². The van der Waals surface area contributed by atoms with Gasteiger partial charge in [0.25, 0.3) is 0 Å². The molecule has 1 rings (SSSR count). The summed E-state index contributed by atoms with van der Waals surface area (Å²) in [4.78, 5) is 24.3. The van der Waals surface area contributed by atoms with E-state index in [0.29, 0.717) is 12.8 Å². The van der Waals surface area contributed by atoms with Gasteiger partial charge in [-0.25, -0.2) is 0 Å². The lowest BCUT2D eigenvalue weighted by molar-refractivity contribution is -0.305. The van der Waals surface area contributed by atoms with Crippen molar-refractivity contribution in [3.05, 3.63) is 0 Å². The van der Waals surface area contributed by atoms with Crippen LogP contribution in [0.5, 0.6) is 0 Å². The van der Waals surface area contributed by atoms with Crippen LogP contribution in [0.2, 0.25) is 0 Å². The van der Waals surface area contributed by atoms with Gasteiger partial charge in [0.1, 0.15) is 31.0 Å². The molecular formula is C24H44O10. The number of aliphatic hydroxyl groups is 4. The van der Waals surface area contributed by atoms with Gasteiger partial charge in [-0.3, -0.25) is 9.59 Å². The summed E-state index contributed by atoms with van der Waals surface area (Å²) in [7, 11) is 0. The first kappa shape index (κ1) is 30.7. The lowest BCUT2D eigenvalue weighted by Crippen LogP contribution is -2.59. The number of hydrogen-bond donors (Lipinski definition) is 4. The van der Waals surface area contributed by atoms with E-state index in [1.165, 1.54) is 6.42 Å². The molecule has 0 bridgehead atoms. The van der Waals surface area contributed by atoms with E-state index in [2.05, 4.69) is 6.92 Å². The highest BCUT2D eigenvalue weighted by molar-refractivity contribution is 5.70. The number of esters is 2. The van der Waals surface area contributed by atoms with Crippen molar-refractivity contribution in [1.29, 1.82) is 0 Å². The summed E-state index contributed by atoms with van der Waals surface area (Å²) in [5.41, 5.74) is 0. The molecule has 200 valence electrons. The maximum atomic E-state index is 12.3. The predicted molar refractivity (Wildman–Crippen MR) is 123 cm³/mol. The van der Waals surface area contributed by atoms with Gasteiger partial charge in [-0.1, -0.05) is 58.8 Å².